The fraction of sp³-hybridized carbons (Fsp3) is 0.200. The average Bonchev–Trinajstić information content (AvgIpc) is 2.63. The summed E-state index contributed by atoms with van der Waals surface area (Å²) >= 11 is 0. The van der Waals surface area contributed by atoms with Crippen molar-refractivity contribution >= 4 is 0 Å². The average molecular weight is 246 g/mol. The van der Waals surface area contributed by atoms with Crippen LogP contribution < -0.4 is 0 Å². The van der Waals surface area contributed by atoms with Crippen LogP contribution in [-0.2, 0) is 6.18 Å². The van der Waals surface area contributed by atoms with E-state index in [0.717, 1.165) is 18.2 Å². The van der Waals surface area contributed by atoms with Crippen molar-refractivity contribution in [1.82, 2.24) is 10.1 Å². The highest BCUT2D eigenvalue weighted by molar-refractivity contribution is 5.60. The van der Waals surface area contributed by atoms with Gasteiger partial charge in [-0.3, -0.25) is 0 Å². The van der Waals surface area contributed by atoms with Gasteiger partial charge in [0, 0.05) is 0 Å². The Hall–Kier alpha value is -1.92. The summed E-state index contributed by atoms with van der Waals surface area (Å²) in [6.07, 6.45) is -4.68. The van der Waals surface area contributed by atoms with Gasteiger partial charge in [-0.1, -0.05) is 11.2 Å². The summed E-state index contributed by atoms with van der Waals surface area (Å²) in [7, 11) is 0. The number of aryl methyl sites for hydroxylation is 1. The quantitative estimate of drug-likeness (QED) is 0.725. The van der Waals surface area contributed by atoms with Crippen LogP contribution in [0.15, 0.2) is 22.7 Å². The molecule has 2 rings (SSSR count). The van der Waals surface area contributed by atoms with Crippen LogP contribution in [-0.4, -0.2) is 10.1 Å². The molecule has 0 atom stereocenters. The number of halogens is 4. The zero-order valence-corrected chi connectivity index (χ0v) is 8.55. The van der Waals surface area contributed by atoms with Crippen molar-refractivity contribution in [3.63, 3.8) is 0 Å². The predicted molar refractivity (Wildman–Crippen MR) is 49.4 cm³/mol. The van der Waals surface area contributed by atoms with E-state index in [1.807, 2.05) is 0 Å². The minimum absolute atomic E-state index is 0.136. The van der Waals surface area contributed by atoms with E-state index in [1.165, 1.54) is 6.92 Å². The summed E-state index contributed by atoms with van der Waals surface area (Å²) < 4.78 is 56.0. The van der Waals surface area contributed by atoms with Crippen LogP contribution in [0, 0.1) is 12.7 Å². The molecule has 0 saturated carbocycles. The van der Waals surface area contributed by atoms with E-state index < -0.39 is 29.0 Å². The van der Waals surface area contributed by atoms with Crippen LogP contribution in [0.4, 0.5) is 17.6 Å². The van der Waals surface area contributed by atoms with Crippen molar-refractivity contribution in [2.45, 2.75) is 13.1 Å². The van der Waals surface area contributed by atoms with Gasteiger partial charge in [-0.2, -0.15) is 18.2 Å². The SMILES string of the molecule is Cc1noc(-c2c(F)cccc2C(F)(F)F)n1. The first kappa shape index (κ1) is 11.6. The highest BCUT2D eigenvalue weighted by atomic mass is 19.4. The Kier molecular flexibility index (Phi) is 2.60. The maximum absolute atomic E-state index is 13.4. The second-order valence-corrected chi connectivity index (χ2v) is 3.31. The van der Waals surface area contributed by atoms with Crippen molar-refractivity contribution in [3.05, 3.63) is 35.4 Å². The molecular formula is C10H6F4N2O. The Balaban J connectivity index is 2.67. The first-order chi connectivity index (χ1) is 7.89. The molecule has 90 valence electrons. The van der Waals surface area contributed by atoms with E-state index in [9.17, 15) is 17.6 Å². The third-order valence-electron chi connectivity index (χ3n) is 2.06. The lowest BCUT2D eigenvalue weighted by atomic mass is 10.1. The van der Waals surface area contributed by atoms with Crippen molar-refractivity contribution in [2.75, 3.05) is 0 Å². The van der Waals surface area contributed by atoms with Crippen LogP contribution in [0.3, 0.4) is 0 Å². The molecule has 0 bridgehead atoms. The molecule has 0 aliphatic rings. The van der Waals surface area contributed by atoms with Crippen LogP contribution in [0.5, 0.6) is 0 Å². The van der Waals surface area contributed by atoms with Crippen molar-refractivity contribution in [3.8, 4) is 11.5 Å². The summed E-state index contributed by atoms with van der Waals surface area (Å²) in [6, 6.07) is 2.65. The third-order valence-corrected chi connectivity index (χ3v) is 2.06. The molecule has 1 aromatic heterocycles. The Morgan fingerprint density at radius 3 is 2.47 bits per heavy atom. The van der Waals surface area contributed by atoms with Gasteiger partial charge in [-0.15, -0.1) is 0 Å². The lowest BCUT2D eigenvalue weighted by Crippen LogP contribution is -2.08. The molecule has 7 heteroatoms. The van der Waals surface area contributed by atoms with Crippen LogP contribution >= 0.6 is 0 Å². The molecule has 3 nitrogen and oxygen atoms in total. The number of hydrogen-bond donors (Lipinski definition) is 0. The van der Waals surface area contributed by atoms with Crippen molar-refractivity contribution in [1.29, 1.82) is 0 Å². The van der Waals surface area contributed by atoms with Crippen LogP contribution in [0.25, 0.3) is 11.5 Å². The van der Waals surface area contributed by atoms with Gasteiger partial charge in [0.2, 0.25) is 0 Å². The van der Waals surface area contributed by atoms with Crippen molar-refractivity contribution in [2.24, 2.45) is 0 Å². The van der Waals surface area contributed by atoms with Gasteiger partial charge in [-0.05, 0) is 19.1 Å². The molecule has 0 fully saturated rings. The summed E-state index contributed by atoms with van der Waals surface area (Å²) in [5.74, 6) is -1.40. The number of aromatic nitrogens is 2. The fourth-order valence-corrected chi connectivity index (χ4v) is 1.38. The molecule has 2 aromatic rings. The minimum Gasteiger partial charge on any atom is -0.334 e. The molecule has 0 spiro atoms. The summed E-state index contributed by atoms with van der Waals surface area (Å²) in [5, 5.41) is 3.34. The second kappa shape index (κ2) is 3.83. The summed E-state index contributed by atoms with van der Waals surface area (Å²) in [4.78, 5) is 3.60. The van der Waals surface area contributed by atoms with Crippen LogP contribution in [0.1, 0.15) is 11.4 Å². The minimum atomic E-state index is -4.68. The van der Waals surface area contributed by atoms with E-state index in [-0.39, 0.29) is 5.82 Å². The smallest absolute Gasteiger partial charge is 0.334 e. The monoisotopic (exact) mass is 246 g/mol. The molecule has 1 heterocycles. The molecule has 1 aromatic carbocycles. The maximum Gasteiger partial charge on any atom is 0.417 e. The molecule has 0 aliphatic heterocycles. The molecule has 17 heavy (non-hydrogen) atoms. The number of rotatable bonds is 1. The van der Waals surface area contributed by atoms with E-state index in [4.69, 9.17) is 0 Å². The molecular weight excluding hydrogens is 240 g/mol. The molecule has 0 N–H and O–H groups in total. The Morgan fingerprint density at radius 1 is 1.24 bits per heavy atom. The van der Waals surface area contributed by atoms with Gasteiger partial charge in [0.05, 0.1) is 11.1 Å². The van der Waals surface area contributed by atoms with Crippen LogP contribution in [0.2, 0.25) is 0 Å². The largest absolute Gasteiger partial charge is 0.417 e. The number of benzene rings is 1. The van der Waals surface area contributed by atoms with Gasteiger partial charge in [-0.25, -0.2) is 4.39 Å². The van der Waals surface area contributed by atoms with Gasteiger partial charge in [0.25, 0.3) is 5.89 Å². The highest BCUT2D eigenvalue weighted by Crippen LogP contribution is 2.37. The molecule has 0 aliphatic carbocycles. The first-order valence-electron chi connectivity index (χ1n) is 4.56. The predicted octanol–water partition coefficient (Wildman–Crippen LogP) is 3.20. The topological polar surface area (TPSA) is 38.9 Å². The number of hydrogen-bond acceptors (Lipinski definition) is 3. The number of alkyl halides is 3. The van der Waals surface area contributed by atoms with Crippen molar-refractivity contribution < 1.29 is 22.1 Å². The molecule has 0 unspecified atom stereocenters. The first-order valence-corrected chi connectivity index (χ1v) is 4.56. The lowest BCUT2D eigenvalue weighted by Gasteiger charge is -2.10. The van der Waals surface area contributed by atoms with E-state index in [0.29, 0.717) is 0 Å². The summed E-state index contributed by atoms with van der Waals surface area (Å²) in [6.45, 7) is 1.43. The van der Waals surface area contributed by atoms with E-state index >= 15 is 0 Å². The zero-order valence-electron chi connectivity index (χ0n) is 8.55. The second-order valence-electron chi connectivity index (χ2n) is 3.31. The Bertz CT molecular complexity index is 547. The zero-order chi connectivity index (χ0) is 12.6. The van der Waals surface area contributed by atoms with E-state index in [2.05, 4.69) is 14.7 Å². The molecule has 0 saturated heterocycles. The lowest BCUT2D eigenvalue weighted by molar-refractivity contribution is -0.137. The standard InChI is InChI=1S/C10H6F4N2O/c1-5-15-9(17-16-5)8-6(10(12,13)14)3-2-4-7(8)11/h2-4H,1H3. The summed E-state index contributed by atoms with van der Waals surface area (Å²) in [5.41, 5.74) is -1.86. The fourth-order valence-electron chi connectivity index (χ4n) is 1.38. The van der Waals surface area contributed by atoms with E-state index in [1.54, 1.807) is 0 Å². The normalized spacial score (nSPS) is 11.8. The molecule has 0 amide bonds. The number of nitrogens with zero attached hydrogens (tertiary/aromatic N) is 2. The van der Waals surface area contributed by atoms with Gasteiger partial charge >= 0.3 is 6.18 Å². The highest BCUT2D eigenvalue weighted by Gasteiger charge is 2.36. The van der Waals surface area contributed by atoms with Gasteiger partial charge < -0.3 is 4.52 Å². The van der Waals surface area contributed by atoms with Gasteiger partial charge in [0.1, 0.15) is 5.82 Å². The Labute approximate surface area is 93.1 Å². The Morgan fingerprint density at radius 2 is 1.94 bits per heavy atom. The third kappa shape index (κ3) is 2.13. The molecule has 0 radical (unpaired) electrons. The van der Waals surface area contributed by atoms with Gasteiger partial charge in [0.15, 0.2) is 5.82 Å². The maximum atomic E-state index is 13.4.